The van der Waals surface area contributed by atoms with Crippen LogP contribution in [0.25, 0.3) is 0 Å². The molecule has 0 aromatic heterocycles. The van der Waals surface area contributed by atoms with Crippen molar-refractivity contribution in [2.75, 3.05) is 13.7 Å². The highest BCUT2D eigenvalue weighted by Gasteiger charge is 1.97. The highest BCUT2D eigenvalue weighted by molar-refractivity contribution is 5.68. The lowest BCUT2D eigenvalue weighted by molar-refractivity contribution is -0.140. The van der Waals surface area contributed by atoms with Gasteiger partial charge in [-0.2, -0.15) is 0 Å². The van der Waals surface area contributed by atoms with Gasteiger partial charge in [-0.25, -0.2) is 9.79 Å². The van der Waals surface area contributed by atoms with Crippen molar-refractivity contribution in [3.05, 3.63) is 0 Å². The standard InChI is InChI=1S/C8H13NO3/c1-12-8(11)5-3-2-4-6-9-7-10/h2-6H2,1H3. The van der Waals surface area contributed by atoms with E-state index in [1.165, 1.54) is 13.2 Å². The first kappa shape index (κ1) is 10.8. The maximum atomic E-state index is 10.6. The van der Waals surface area contributed by atoms with Gasteiger partial charge in [-0.05, 0) is 12.8 Å². The number of carbonyl (C=O) groups is 1. The number of hydrogen-bond acceptors (Lipinski definition) is 4. The van der Waals surface area contributed by atoms with Crippen LogP contribution in [0.4, 0.5) is 0 Å². The summed E-state index contributed by atoms with van der Waals surface area (Å²) in [5.74, 6) is -0.186. The molecule has 0 aromatic rings. The van der Waals surface area contributed by atoms with Gasteiger partial charge < -0.3 is 4.74 Å². The molecule has 0 aliphatic rings. The van der Waals surface area contributed by atoms with Crippen LogP contribution in [0.5, 0.6) is 0 Å². The number of ether oxygens (including phenoxy) is 1. The van der Waals surface area contributed by atoms with Crippen molar-refractivity contribution in [2.45, 2.75) is 25.7 Å². The van der Waals surface area contributed by atoms with E-state index in [1.807, 2.05) is 0 Å². The van der Waals surface area contributed by atoms with Gasteiger partial charge in [0.2, 0.25) is 6.08 Å². The molecule has 0 rings (SSSR count). The van der Waals surface area contributed by atoms with Crippen LogP contribution < -0.4 is 0 Å². The normalized spacial score (nSPS) is 8.75. The van der Waals surface area contributed by atoms with E-state index in [-0.39, 0.29) is 5.97 Å². The third-order valence-corrected chi connectivity index (χ3v) is 1.44. The first-order valence-electron chi connectivity index (χ1n) is 3.91. The highest BCUT2D eigenvalue weighted by atomic mass is 16.5. The molecule has 0 atom stereocenters. The second kappa shape index (κ2) is 7.95. The number of nitrogens with zero attached hydrogens (tertiary/aromatic N) is 1. The number of aliphatic imine (C=N–C) groups is 1. The Kier molecular flexibility index (Phi) is 7.19. The molecule has 0 aromatic carbocycles. The molecule has 0 bridgehead atoms. The lowest BCUT2D eigenvalue weighted by Crippen LogP contribution is -1.99. The smallest absolute Gasteiger partial charge is 0.305 e. The van der Waals surface area contributed by atoms with Crippen molar-refractivity contribution in [2.24, 2.45) is 4.99 Å². The number of carbonyl (C=O) groups excluding carboxylic acids is 2. The molecular formula is C8H13NO3. The average molecular weight is 171 g/mol. The lowest BCUT2D eigenvalue weighted by atomic mass is 10.2. The molecule has 4 nitrogen and oxygen atoms in total. The van der Waals surface area contributed by atoms with Crippen molar-refractivity contribution >= 4 is 12.0 Å². The highest BCUT2D eigenvalue weighted by Crippen LogP contribution is 2.00. The van der Waals surface area contributed by atoms with Crippen LogP contribution in [0.2, 0.25) is 0 Å². The van der Waals surface area contributed by atoms with E-state index < -0.39 is 0 Å². The van der Waals surface area contributed by atoms with Crippen LogP contribution in [-0.2, 0) is 14.3 Å². The van der Waals surface area contributed by atoms with Crippen molar-refractivity contribution < 1.29 is 14.3 Å². The minimum Gasteiger partial charge on any atom is -0.469 e. The first-order valence-corrected chi connectivity index (χ1v) is 3.91. The molecule has 0 unspecified atom stereocenters. The summed E-state index contributed by atoms with van der Waals surface area (Å²) < 4.78 is 4.45. The number of unbranched alkanes of at least 4 members (excludes halogenated alkanes) is 2. The number of isocyanates is 1. The summed E-state index contributed by atoms with van der Waals surface area (Å²) in [4.78, 5) is 23.6. The van der Waals surface area contributed by atoms with E-state index in [0.717, 1.165) is 19.3 Å². The molecule has 0 N–H and O–H groups in total. The van der Waals surface area contributed by atoms with Gasteiger partial charge in [-0.1, -0.05) is 6.42 Å². The molecule has 0 saturated carbocycles. The summed E-state index contributed by atoms with van der Waals surface area (Å²) in [5.41, 5.74) is 0. The summed E-state index contributed by atoms with van der Waals surface area (Å²) in [7, 11) is 1.37. The topological polar surface area (TPSA) is 55.7 Å². The number of esters is 1. The van der Waals surface area contributed by atoms with Gasteiger partial charge in [-0.15, -0.1) is 0 Å². The van der Waals surface area contributed by atoms with Crippen LogP contribution in [0.15, 0.2) is 4.99 Å². The van der Waals surface area contributed by atoms with E-state index in [0.29, 0.717) is 13.0 Å². The van der Waals surface area contributed by atoms with Crippen molar-refractivity contribution in [1.29, 1.82) is 0 Å². The predicted octanol–water partition coefficient (Wildman–Crippen LogP) is 1.06. The quantitative estimate of drug-likeness (QED) is 0.260. The Morgan fingerprint density at radius 2 is 2.17 bits per heavy atom. The third kappa shape index (κ3) is 6.96. The fraction of sp³-hybridized carbons (Fsp3) is 0.750. The number of methoxy groups -OCH3 is 1. The van der Waals surface area contributed by atoms with Gasteiger partial charge in [0.15, 0.2) is 0 Å². The molecule has 0 amide bonds. The zero-order valence-corrected chi connectivity index (χ0v) is 7.21. The molecule has 0 heterocycles. The maximum absolute atomic E-state index is 10.6. The van der Waals surface area contributed by atoms with E-state index >= 15 is 0 Å². The van der Waals surface area contributed by atoms with Crippen LogP contribution in [0, 0.1) is 0 Å². The maximum Gasteiger partial charge on any atom is 0.305 e. The van der Waals surface area contributed by atoms with E-state index in [1.54, 1.807) is 0 Å². The molecule has 0 aliphatic carbocycles. The fourth-order valence-corrected chi connectivity index (χ4v) is 0.785. The molecule has 68 valence electrons. The van der Waals surface area contributed by atoms with Gasteiger partial charge in [-0.3, -0.25) is 4.79 Å². The summed E-state index contributed by atoms with van der Waals surface area (Å²) in [5, 5.41) is 0. The Balaban J connectivity index is 3.10. The molecule has 0 radical (unpaired) electrons. The van der Waals surface area contributed by atoms with Crippen molar-refractivity contribution in [3.8, 4) is 0 Å². The average Bonchev–Trinajstić information content (AvgIpc) is 2.10. The van der Waals surface area contributed by atoms with Gasteiger partial charge in [0.1, 0.15) is 0 Å². The summed E-state index contributed by atoms with van der Waals surface area (Å²) in [6.45, 7) is 0.505. The Hall–Kier alpha value is -1.15. The lowest BCUT2D eigenvalue weighted by Gasteiger charge is -1.97. The molecule has 0 spiro atoms. The molecular weight excluding hydrogens is 158 g/mol. The second-order valence-corrected chi connectivity index (χ2v) is 2.36. The largest absolute Gasteiger partial charge is 0.469 e. The second-order valence-electron chi connectivity index (χ2n) is 2.36. The third-order valence-electron chi connectivity index (χ3n) is 1.44. The van der Waals surface area contributed by atoms with E-state index in [4.69, 9.17) is 0 Å². The molecule has 4 heteroatoms. The van der Waals surface area contributed by atoms with Gasteiger partial charge in [0.05, 0.1) is 13.7 Å². The van der Waals surface area contributed by atoms with Crippen LogP contribution >= 0.6 is 0 Å². The Bertz CT molecular complexity index is 173. The summed E-state index contributed by atoms with van der Waals surface area (Å²) in [6.07, 6.45) is 4.42. The monoisotopic (exact) mass is 171 g/mol. The van der Waals surface area contributed by atoms with Crippen LogP contribution in [0.3, 0.4) is 0 Å². The Labute approximate surface area is 71.6 Å². The Morgan fingerprint density at radius 3 is 2.75 bits per heavy atom. The summed E-state index contributed by atoms with van der Waals surface area (Å²) >= 11 is 0. The fourth-order valence-electron chi connectivity index (χ4n) is 0.785. The SMILES string of the molecule is COC(=O)CCCCCN=C=O. The number of rotatable bonds is 6. The molecule has 0 fully saturated rings. The predicted molar refractivity (Wildman–Crippen MR) is 43.5 cm³/mol. The van der Waals surface area contributed by atoms with Crippen molar-refractivity contribution in [1.82, 2.24) is 0 Å². The minimum atomic E-state index is -0.186. The molecule has 12 heavy (non-hydrogen) atoms. The van der Waals surface area contributed by atoms with E-state index in [9.17, 15) is 9.59 Å². The number of hydrogen-bond donors (Lipinski definition) is 0. The van der Waals surface area contributed by atoms with Gasteiger partial charge in [0.25, 0.3) is 0 Å². The zero-order valence-electron chi connectivity index (χ0n) is 7.21. The van der Waals surface area contributed by atoms with E-state index in [2.05, 4.69) is 9.73 Å². The van der Waals surface area contributed by atoms with Crippen LogP contribution in [-0.4, -0.2) is 25.7 Å². The van der Waals surface area contributed by atoms with Gasteiger partial charge >= 0.3 is 5.97 Å². The molecule has 0 aliphatic heterocycles. The summed E-state index contributed by atoms with van der Waals surface area (Å²) in [6, 6.07) is 0. The Morgan fingerprint density at radius 1 is 1.42 bits per heavy atom. The van der Waals surface area contributed by atoms with Crippen LogP contribution in [0.1, 0.15) is 25.7 Å². The van der Waals surface area contributed by atoms with Crippen molar-refractivity contribution in [3.63, 3.8) is 0 Å². The first-order chi connectivity index (χ1) is 5.81. The minimum absolute atomic E-state index is 0.186. The zero-order chi connectivity index (χ0) is 9.23. The van der Waals surface area contributed by atoms with Gasteiger partial charge in [0, 0.05) is 6.42 Å². The molecule has 0 saturated heterocycles.